The largest absolute Gasteiger partial charge is 0.360 e. The molecule has 0 atom stereocenters. The van der Waals surface area contributed by atoms with E-state index < -0.39 is 0 Å². The number of para-hydroxylation sites is 1. The third-order valence-corrected chi connectivity index (χ3v) is 4.44. The molecule has 8 nitrogen and oxygen atoms in total. The Morgan fingerprint density at radius 1 is 1.04 bits per heavy atom. The van der Waals surface area contributed by atoms with Crippen LogP contribution in [-0.4, -0.2) is 66.0 Å². The summed E-state index contributed by atoms with van der Waals surface area (Å²) in [5, 5.41) is 9.38. The molecule has 1 aliphatic rings. The van der Waals surface area contributed by atoms with Gasteiger partial charge in [0, 0.05) is 50.9 Å². The molecule has 1 aromatic heterocycles. The van der Waals surface area contributed by atoms with Gasteiger partial charge in [-0.1, -0.05) is 23.4 Å². The van der Waals surface area contributed by atoms with Gasteiger partial charge in [0.15, 0.2) is 5.82 Å². The molecule has 2 N–H and O–H groups in total. The van der Waals surface area contributed by atoms with E-state index in [2.05, 4.69) is 25.6 Å². The highest BCUT2D eigenvalue weighted by Gasteiger charge is 2.19. The maximum atomic E-state index is 12.1. The Morgan fingerprint density at radius 3 is 2.41 bits per heavy atom. The summed E-state index contributed by atoms with van der Waals surface area (Å²) in [6, 6.07) is 11.2. The van der Waals surface area contributed by atoms with Crippen molar-refractivity contribution in [2.75, 3.05) is 49.9 Å². The van der Waals surface area contributed by atoms with Gasteiger partial charge in [0.2, 0.25) is 11.8 Å². The van der Waals surface area contributed by atoms with E-state index in [-0.39, 0.29) is 11.8 Å². The number of piperazine rings is 1. The number of hydrogen-bond donors (Lipinski definition) is 2. The first-order valence-corrected chi connectivity index (χ1v) is 9.11. The average Bonchev–Trinajstić information content (AvgIpc) is 3.06. The van der Waals surface area contributed by atoms with Gasteiger partial charge in [0.1, 0.15) is 5.76 Å². The molecule has 3 rings (SSSR count). The van der Waals surface area contributed by atoms with Crippen molar-refractivity contribution in [2.45, 2.75) is 13.3 Å². The number of benzene rings is 1. The molecule has 1 saturated heterocycles. The van der Waals surface area contributed by atoms with Crippen LogP contribution >= 0.6 is 0 Å². The predicted octanol–water partition coefficient (Wildman–Crippen LogP) is 1.57. The van der Waals surface area contributed by atoms with Gasteiger partial charge in [-0.3, -0.25) is 14.5 Å². The second-order valence-electron chi connectivity index (χ2n) is 6.65. The van der Waals surface area contributed by atoms with Crippen molar-refractivity contribution in [1.82, 2.24) is 15.0 Å². The topological polar surface area (TPSA) is 90.7 Å². The van der Waals surface area contributed by atoms with Gasteiger partial charge in [-0.05, 0) is 19.1 Å². The monoisotopic (exact) mass is 371 g/mol. The van der Waals surface area contributed by atoms with Gasteiger partial charge in [0.25, 0.3) is 0 Å². The summed E-state index contributed by atoms with van der Waals surface area (Å²) >= 11 is 0. The molecule has 1 aromatic carbocycles. The number of nitrogens with one attached hydrogen (secondary N) is 2. The predicted molar refractivity (Wildman–Crippen MR) is 102 cm³/mol. The van der Waals surface area contributed by atoms with Crippen LogP contribution in [0.3, 0.4) is 0 Å². The van der Waals surface area contributed by atoms with Gasteiger partial charge < -0.3 is 20.1 Å². The number of amides is 2. The zero-order chi connectivity index (χ0) is 19.1. The van der Waals surface area contributed by atoms with Crippen LogP contribution in [0.2, 0.25) is 0 Å². The number of hydrogen-bond acceptors (Lipinski definition) is 6. The van der Waals surface area contributed by atoms with Crippen molar-refractivity contribution >= 4 is 23.3 Å². The lowest BCUT2D eigenvalue weighted by Gasteiger charge is -2.34. The molecule has 1 aliphatic heterocycles. The lowest BCUT2D eigenvalue weighted by Crippen LogP contribution is -2.49. The summed E-state index contributed by atoms with van der Waals surface area (Å²) in [4.78, 5) is 28.5. The molecule has 27 heavy (non-hydrogen) atoms. The molecule has 2 amide bonds. The van der Waals surface area contributed by atoms with Crippen LogP contribution < -0.4 is 10.6 Å². The second kappa shape index (κ2) is 9.29. The van der Waals surface area contributed by atoms with Crippen molar-refractivity contribution in [3.05, 3.63) is 42.2 Å². The Balaban J connectivity index is 1.32. The highest BCUT2D eigenvalue weighted by atomic mass is 16.5. The first kappa shape index (κ1) is 19.1. The maximum absolute atomic E-state index is 12.1. The van der Waals surface area contributed by atoms with E-state index in [1.165, 1.54) is 0 Å². The van der Waals surface area contributed by atoms with E-state index in [4.69, 9.17) is 4.52 Å². The number of carbonyl (C=O) groups excluding carboxylic acids is 2. The maximum Gasteiger partial charge on any atom is 0.238 e. The molecular weight excluding hydrogens is 346 g/mol. The van der Waals surface area contributed by atoms with Gasteiger partial charge in [-0.15, -0.1) is 0 Å². The lowest BCUT2D eigenvalue weighted by atomic mass is 10.2. The summed E-state index contributed by atoms with van der Waals surface area (Å²) in [5.74, 6) is 1.04. The molecule has 144 valence electrons. The molecule has 2 heterocycles. The van der Waals surface area contributed by atoms with Gasteiger partial charge in [0.05, 0.1) is 6.54 Å². The Kier molecular flexibility index (Phi) is 6.56. The van der Waals surface area contributed by atoms with E-state index in [0.29, 0.717) is 31.1 Å². The number of anilines is 2. The van der Waals surface area contributed by atoms with Gasteiger partial charge >= 0.3 is 0 Å². The van der Waals surface area contributed by atoms with Crippen LogP contribution in [-0.2, 0) is 9.59 Å². The highest BCUT2D eigenvalue weighted by Crippen LogP contribution is 2.09. The third kappa shape index (κ3) is 6.19. The van der Waals surface area contributed by atoms with Crippen molar-refractivity contribution in [2.24, 2.45) is 0 Å². The zero-order valence-corrected chi connectivity index (χ0v) is 15.5. The SMILES string of the molecule is Cc1cc(NC(=O)CCN2CCN(CC(=O)Nc3ccccc3)CC2)no1. The number of aryl methyl sites for hydroxylation is 1. The Hall–Kier alpha value is -2.71. The molecule has 0 radical (unpaired) electrons. The third-order valence-electron chi connectivity index (χ3n) is 4.44. The van der Waals surface area contributed by atoms with Crippen LogP contribution in [0.1, 0.15) is 12.2 Å². The molecule has 0 saturated carbocycles. The van der Waals surface area contributed by atoms with E-state index in [9.17, 15) is 9.59 Å². The number of nitrogens with zero attached hydrogens (tertiary/aromatic N) is 3. The molecule has 0 bridgehead atoms. The molecule has 0 spiro atoms. The van der Waals surface area contributed by atoms with E-state index in [1.54, 1.807) is 13.0 Å². The van der Waals surface area contributed by atoms with Crippen LogP contribution in [0.4, 0.5) is 11.5 Å². The lowest BCUT2D eigenvalue weighted by molar-refractivity contribution is -0.117. The first-order valence-electron chi connectivity index (χ1n) is 9.11. The summed E-state index contributed by atoms with van der Waals surface area (Å²) in [5.41, 5.74) is 0.814. The average molecular weight is 371 g/mol. The van der Waals surface area contributed by atoms with Crippen molar-refractivity contribution in [3.63, 3.8) is 0 Å². The quantitative estimate of drug-likeness (QED) is 0.768. The molecule has 0 aliphatic carbocycles. The number of carbonyl (C=O) groups is 2. The Morgan fingerprint density at radius 2 is 1.74 bits per heavy atom. The van der Waals surface area contributed by atoms with Gasteiger partial charge in [-0.2, -0.15) is 0 Å². The standard InChI is InChI=1S/C19H25N5O3/c1-15-13-17(22-27-15)21-18(25)7-8-23-9-11-24(12-10-23)14-19(26)20-16-5-3-2-4-6-16/h2-6,13H,7-12,14H2,1H3,(H,20,26)(H,21,22,25). The van der Waals surface area contributed by atoms with Crippen molar-refractivity contribution in [1.29, 1.82) is 0 Å². The smallest absolute Gasteiger partial charge is 0.238 e. The van der Waals surface area contributed by atoms with Crippen LogP contribution in [0.15, 0.2) is 40.9 Å². The first-order chi connectivity index (χ1) is 13.1. The van der Waals surface area contributed by atoms with Crippen molar-refractivity contribution in [3.8, 4) is 0 Å². The van der Waals surface area contributed by atoms with Crippen LogP contribution in [0.25, 0.3) is 0 Å². The normalized spacial score (nSPS) is 15.4. The Bertz CT molecular complexity index is 754. The minimum Gasteiger partial charge on any atom is -0.360 e. The minimum absolute atomic E-state index is 0.00284. The minimum atomic E-state index is -0.0760. The fraction of sp³-hybridized carbons (Fsp3) is 0.421. The zero-order valence-electron chi connectivity index (χ0n) is 15.5. The number of aromatic nitrogens is 1. The highest BCUT2D eigenvalue weighted by molar-refractivity contribution is 5.92. The molecule has 2 aromatic rings. The summed E-state index contributed by atoms with van der Waals surface area (Å²) in [6.07, 6.45) is 0.403. The summed E-state index contributed by atoms with van der Waals surface area (Å²) < 4.78 is 4.93. The number of rotatable bonds is 7. The van der Waals surface area contributed by atoms with Gasteiger partial charge in [-0.25, -0.2) is 0 Å². The second-order valence-corrected chi connectivity index (χ2v) is 6.65. The molecule has 0 unspecified atom stereocenters. The molecular formula is C19H25N5O3. The van der Waals surface area contributed by atoms with E-state index >= 15 is 0 Å². The summed E-state index contributed by atoms with van der Waals surface area (Å²) in [6.45, 7) is 6.16. The van der Waals surface area contributed by atoms with E-state index in [0.717, 1.165) is 31.9 Å². The Labute approximate surface area is 158 Å². The summed E-state index contributed by atoms with van der Waals surface area (Å²) in [7, 11) is 0. The molecule has 1 fully saturated rings. The fourth-order valence-electron chi connectivity index (χ4n) is 2.99. The fourth-order valence-corrected chi connectivity index (χ4v) is 2.99. The van der Waals surface area contributed by atoms with Crippen molar-refractivity contribution < 1.29 is 14.1 Å². The van der Waals surface area contributed by atoms with E-state index in [1.807, 2.05) is 30.3 Å². The van der Waals surface area contributed by atoms with Crippen LogP contribution in [0, 0.1) is 6.92 Å². The molecule has 8 heteroatoms. The van der Waals surface area contributed by atoms with Crippen LogP contribution in [0.5, 0.6) is 0 Å².